The number of nitrogens with zero attached hydrogens (tertiary/aromatic N) is 1. The van der Waals surface area contributed by atoms with Crippen LogP contribution in [-0.4, -0.2) is 30.4 Å². The van der Waals surface area contributed by atoms with Gasteiger partial charge in [0.1, 0.15) is 0 Å². The van der Waals surface area contributed by atoms with Crippen molar-refractivity contribution < 1.29 is 34.0 Å². The average molecular weight is 315 g/mol. The smallest absolute Gasteiger partial charge is 0.362 e. The number of rotatable bonds is 4. The van der Waals surface area contributed by atoms with Crippen LogP contribution in [0.25, 0.3) is 10.9 Å². The van der Waals surface area contributed by atoms with Crippen LogP contribution in [-0.2, 0) is 34.0 Å². The minimum atomic E-state index is -2.88. The molecule has 0 aliphatic carbocycles. The van der Waals surface area contributed by atoms with Crippen molar-refractivity contribution in [2.75, 3.05) is 0 Å². The number of hydrogen-bond donors (Lipinski definition) is 2. The van der Waals surface area contributed by atoms with Gasteiger partial charge in [-0.2, -0.15) is 0 Å². The van der Waals surface area contributed by atoms with Gasteiger partial charge in [-0.3, -0.25) is 0 Å². The van der Waals surface area contributed by atoms with Crippen LogP contribution in [0.15, 0.2) is 30.5 Å². The Bertz CT molecular complexity index is 642. The monoisotopic (exact) mass is 315 g/mol. The van der Waals surface area contributed by atoms with E-state index in [2.05, 4.69) is 10.1 Å². The predicted molar refractivity (Wildman–Crippen MR) is 70.9 cm³/mol. The molecule has 0 radical (unpaired) electrons. The fourth-order valence-corrected chi connectivity index (χ4v) is 1.94. The molecule has 0 saturated carbocycles. The van der Waals surface area contributed by atoms with Crippen molar-refractivity contribution in [2.24, 2.45) is 7.05 Å². The molecule has 116 valence electrons. The van der Waals surface area contributed by atoms with Gasteiger partial charge in [-0.15, -0.1) is 0 Å². The molecule has 9 heteroatoms. The lowest BCUT2D eigenvalue weighted by Crippen LogP contribution is -2.65. The maximum atomic E-state index is 10.8. The highest BCUT2D eigenvalue weighted by Gasteiger charge is 2.18. The summed E-state index contributed by atoms with van der Waals surface area (Å²) >= 11 is -2.88. The van der Waals surface area contributed by atoms with Crippen LogP contribution in [0, 0.1) is 0 Å². The molecule has 0 spiro atoms. The number of aryl methyl sites for hydroxylation is 1. The van der Waals surface area contributed by atoms with E-state index in [1.54, 1.807) is 0 Å². The molecule has 2 atom stereocenters. The van der Waals surface area contributed by atoms with Crippen LogP contribution in [0.4, 0.5) is 0 Å². The summed E-state index contributed by atoms with van der Waals surface area (Å²) in [5, 5.41) is 18.5. The third-order valence-electron chi connectivity index (χ3n) is 2.85. The molecule has 0 fully saturated rings. The van der Waals surface area contributed by atoms with E-state index in [9.17, 15) is 4.79 Å². The van der Waals surface area contributed by atoms with Gasteiger partial charge < -0.3 is 29.6 Å². The van der Waals surface area contributed by atoms with E-state index < -0.39 is 23.4 Å². The molecule has 0 aliphatic rings. The molecule has 0 amide bonds. The minimum absolute atomic E-state index is 0.469. The Balaban J connectivity index is 0.000000383. The maximum Gasteiger partial charge on any atom is 0.362 e. The second-order valence-corrected chi connectivity index (χ2v) is 4.84. The summed E-state index contributed by atoms with van der Waals surface area (Å²) in [6, 6.07) is 7.39. The number of benzene rings is 1. The highest BCUT2D eigenvalue weighted by atomic mass is 32.2. The third-order valence-corrected chi connectivity index (χ3v) is 2.96. The number of carboxylic acids is 1. The molecular formula is C12H15N2O6S-. The summed E-state index contributed by atoms with van der Waals surface area (Å²) in [4.78, 5) is 10.8. The van der Waals surface area contributed by atoms with E-state index >= 15 is 0 Å². The number of aromatic nitrogens is 1. The normalized spacial score (nSPS) is 13.3. The first-order valence-electron chi connectivity index (χ1n) is 5.85. The number of carbonyl (C=O) groups is 1. The summed E-state index contributed by atoms with van der Waals surface area (Å²) in [6.45, 7) is 0. The number of para-hydroxylation sites is 1. The number of aliphatic carboxylic acids is 1. The van der Waals surface area contributed by atoms with Gasteiger partial charge in [0.2, 0.25) is 0 Å². The van der Waals surface area contributed by atoms with Crippen molar-refractivity contribution in [1.82, 2.24) is 4.57 Å². The molecule has 0 saturated heterocycles. The zero-order chi connectivity index (χ0) is 16.0. The van der Waals surface area contributed by atoms with Crippen LogP contribution >= 0.6 is 0 Å². The quantitative estimate of drug-likeness (QED) is 0.399. The second kappa shape index (κ2) is 7.86. The summed E-state index contributed by atoms with van der Waals surface area (Å²) < 4.78 is 22.1. The minimum Gasteiger partial charge on any atom is -0.750 e. The van der Waals surface area contributed by atoms with Crippen LogP contribution < -0.4 is 11.0 Å². The molecule has 0 bridgehead atoms. The fourth-order valence-electron chi connectivity index (χ4n) is 1.94. The first-order valence-corrected chi connectivity index (χ1v) is 6.85. The van der Waals surface area contributed by atoms with Gasteiger partial charge in [-0.1, -0.05) is 18.2 Å². The van der Waals surface area contributed by atoms with E-state index in [0.29, 0.717) is 6.42 Å². The Kier molecular flexibility index (Phi) is 6.46. The van der Waals surface area contributed by atoms with E-state index in [0.717, 1.165) is 16.5 Å². The average Bonchev–Trinajstić information content (AvgIpc) is 2.76. The Hall–Kier alpha value is -1.78. The van der Waals surface area contributed by atoms with Crippen molar-refractivity contribution in [3.05, 3.63) is 36.0 Å². The Morgan fingerprint density at radius 3 is 2.62 bits per heavy atom. The number of hydrogen-bond acceptors (Lipinski definition) is 5. The first kappa shape index (κ1) is 17.3. The van der Waals surface area contributed by atoms with Gasteiger partial charge in [-0.05, 0) is 11.6 Å². The lowest BCUT2D eigenvalue weighted by molar-refractivity contribution is -0.635. The number of fused-ring (bicyclic) bond motifs is 1. The summed E-state index contributed by atoms with van der Waals surface area (Å²) in [5.74, 6) is -0.854. The Labute approximate surface area is 123 Å². The highest BCUT2D eigenvalue weighted by molar-refractivity contribution is 7.73. The number of quaternary nitrogens is 1. The zero-order valence-corrected chi connectivity index (χ0v) is 12.0. The Morgan fingerprint density at radius 2 is 2.10 bits per heavy atom. The predicted octanol–water partition coefficient (Wildman–Crippen LogP) is -1.51. The van der Waals surface area contributed by atoms with Gasteiger partial charge in [0, 0.05) is 30.6 Å². The summed E-state index contributed by atoms with van der Waals surface area (Å²) in [7, 11) is 1.96. The van der Waals surface area contributed by atoms with E-state index in [1.807, 2.05) is 42.1 Å². The van der Waals surface area contributed by atoms with Crippen molar-refractivity contribution in [3.8, 4) is 0 Å². The van der Waals surface area contributed by atoms with Gasteiger partial charge >= 0.3 is 5.97 Å². The molecule has 8 nitrogen and oxygen atoms in total. The van der Waals surface area contributed by atoms with E-state index in [1.165, 1.54) is 0 Å². The molecule has 21 heavy (non-hydrogen) atoms. The molecule has 1 heterocycles. The standard InChI is InChI=1S/C12H14N2O2.H2O4S/c1-14-7-8(6-10(13)12(15)16)9-4-2-3-5-11(9)14;1-4-5(2)3/h2-5,7,10H,6,13H2,1H3,(H,15,16);1H,(H,2,3)/p-1/t10-;/m1./s1. The SMILES string of the molecule is Cn1cc(C[C@@H]([NH3+])C(=O)O)c2ccccc21.O=S([O-])O[O-]. The van der Waals surface area contributed by atoms with Gasteiger partial charge in [0.25, 0.3) is 0 Å². The van der Waals surface area contributed by atoms with E-state index in [4.69, 9.17) is 19.1 Å². The highest BCUT2D eigenvalue weighted by Crippen LogP contribution is 2.20. The van der Waals surface area contributed by atoms with Gasteiger partial charge in [0.05, 0.1) is 11.4 Å². The molecule has 2 rings (SSSR count). The third kappa shape index (κ3) is 4.92. The maximum absolute atomic E-state index is 10.8. The molecule has 1 aromatic carbocycles. The van der Waals surface area contributed by atoms with Crippen molar-refractivity contribution in [3.63, 3.8) is 0 Å². The molecule has 0 aliphatic heterocycles. The lowest BCUT2D eigenvalue weighted by Gasteiger charge is -2.05. The van der Waals surface area contributed by atoms with Crippen molar-refractivity contribution in [2.45, 2.75) is 12.5 Å². The van der Waals surface area contributed by atoms with Crippen molar-refractivity contribution >= 4 is 28.2 Å². The topological polar surface area (TPSA) is 142 Å². The molecule has 2 aromatic rings. The van der Waals surface area contributed by atoms with Gasteiger partial charge in [0.15, 0.2) is 6.04 Å². The zero-order valence-electron chi connectivity index (χ0n) is 11.2. The summed E-state index contributed by atoms with van der Waals surface area (Å²) in [6.07, 6.45) is 2.45. The fraction of sp³-hybridized carbons (Fsp3) is 0.250. The van der Waals surface area contributed by atoms with Crippen LogP contribution in [0.3, 0.4) is 0 Å². The van der Waals surface area contributed by atoms with Crippen LogP contribution in [0.1, 0.15) is 5.56 Å². The molecule has 4 N–H and O–H groups in total. The van der Waals surface area contributed by atoms with Gasteiger partial charge in [-0.25, -0.2) is 9.00 Å². The summed E-state index contributed by atoms with van der Waals surface area (Å²) in [5.41, 5.74) is 5.80. The molecule has 1 aromatic heterocycles. The number of carboxylic acid groups (broad SMARTS) is 1. The lowest BCUT2D eigenvalue weighted by atomic mass is 10.1. The second-order valence-electron chi connectivity index (χ2n) is 4.29. The van der Waals surface area contributed by atoms with E-state index in [-0.39, 0.29) is 0 Å². The molecular weight excluding hydrogens is 300 g/mol. The molecule has 1 unspecified atom stereocenters. The van der Waals surface area contributed by atoms with Crippen molar-refractivity contribution in [1.29, 1.82) is 0 Å². The Morgan fingerprint density at radius 1 is 1.52 bits per heavy atom. The van der Waals surface area contributed by atoms with Crippen LogP contribution in [0.5, 0.6) is 0 Å². The largest absolute Gasteiger partial charge is 0.750 e. The first-order chi connectivity index (χ1) is 9.86. The van der Waals surface area contributed by atoms with Crippen LogP contribution in [0.2, 0.25) is 0 Å².